The van der Waals surface area contributed by atoms with Crippen LogP contribution < -0.4 is 5.32 Å². The molecule has 3 heterocycles. The highest BCUT2D eigenvalue weighted by molar-refractivity contribution is 7.14. The Morgan fingerprint density at radius 2 is 2.27 bits per heavy atom. The summed E-state index contributed by atoms with van der Waals surface area (Å²) in [5, 5.41) is 13.2. The summed E-state index contributed by atoms with van der Waals surface area (Å²) in [6, 6.07) is 3.73. The summed E-state index contributed by atoms with van der Waals surface area (Å²) in [6.45, 7) is 1.71. The molecular weight excluding hydrogens is 374 g/mol. The molecule has 2 aromatic heterocycles. The Labute approximate surface area is 159 Å². The summed E-state index contributed by atoms with van der Waals surface area (Å²) >= 11 is 2.83. The van der Waals surface area contributed by atoms with Gasteiger partial charge >= 0.3 is 0 Å². The minimum Gasteiger partial charge on any atom is -0.394 e. The predicted molar refractivity (Wildman–Crippen MR) is 99.7 cm³/mol. The Morgan fingerprint density at radius 3 is 3.04 bits per heavy atom. The number of thiazole rings is 1. The number of carbonyl (C=O) groups is 2. The molecule has 0 saturated carbocycles. The van der Waals surface area contributed by atoms with Gasteiger partial charge in [-0.3, -0.25) is 9.59 Å². The summed E-state index contributed by atoms with van der Waals surface area (Å²) in [4.78, 5) is 32.4. The molecule has 9 heteroatoms. The largest absolute Gasteiger partial charge is 0.394 e. The highest BCUT2D eigenvalue weighted by atomic mass is 32.1. The predicted octanol–water partition coefficient (Wildman–Crippen LogP) is 1.92. The Balaban J connectivity index is 1.59. The minimum atomic E-state index is -0.149. The fraction of sp³-hybridized carbons (Fsp3) is 0.471. The monoisotopic (exact) mass is 395 g/mol. The van der Waals surface area contributed by atoms with Crippen LogP contribution in [0.25, 0.3) is 0 Å². The molecule has 140 valence electrons. The third kappa shape index (κ3) is 4.47. The number of thiophene rings is 1. The molecule has 2 amide bonds. The summed E-state index contributed by atoms with van der Waals surface area (Å²) in [5.74, 6) is -0.196. The van der Waals surface area contributed by atoms with Gasteiger partial charge in [0.25, 0.3) is 11.8 Å². The van der Waals surface area contributed by atoms with Crippen LogP contribution in [0.4, 0.5) is 0 Å². The lowest BCUT2D eigenvalue weighted by Gasteiger charge is -2.23. The first-order valence-electron chi connectivity index (χ1n) is 8.46. The number of nitrogens with one attached hydrogen (secondary N) is 1. The maximum atomic E-state index is 12.6. The number of ether oxygens (including phenoxy) is 1. The zero-order chi connectivity index (χ0) is 18.4. The van der Waals surface area contributed by atoms with Gasteiger partial charge in [-0.25, -0.2) is 4.98 Å². The van der Waals surface area contributed by atoms with Crippen molar-refractivity contribution in [1.29, 1.82) is 0 Å². The molecule has 3 rings (SSSR count). The van der Waals surface area contributed by atoms with Gasteiger partial charge in [-0.05, 0) is 25.0 Å². The Bertz CT molecular complexity index is 732. The lowest BCUT2D eigenvalue weighted by molar-refractivity contribution is 0.0732. The van der Waals surface area contributed by atoms with E-state index < -0.39 is 0 Å². The van der Waals surface area contributed by atoms with E-state index in [9.17, 15) is 9.59 Å². The number of aliphatic hydroxyl groups is 1. The average Bonchev–Trinajstić information content (AvgIpc) is 3.41. The molecule has 1 aliphatic rings. The van der Waals surface area contributed by atoms with Crippen molar-refractivity contribution in [3.63, 3.8) is 0 Å². The molecule has 0 bridgehead atoms. The molecule has 7 nitrogen and oxygen atoms in total. The molecule has 0 aliphatic carbocycles. The number of nitrogens with zero attached hydrogens (tertiary/aromatic N) is 2. The lowest BCUT2D eigenvalue weighted by Crippen LogP contribution is -2.30. The second kappa shape index (κ2) is 9.22. The van der Waals surface area contributed by atoms with Gasteiger partial charge in [0.15, 0.2) is 0 Å². The Kier molecular flexibility index (Phi) is 6.73. The summed E-state index contributed by atoms with van der Waals surface area (Å²) in [6.07, 6.45) is 1.84. The van der Waals surface area contributed by atoms with E-state index in [1.807, 2.05) is 11.0 Å². The number of likely N-dealkylation sites (tertiary alicyclic amines) is 1. The third-order valence-corrected chi connectivity index (χ3v) is 5.88. The van der Waals surface area contributed by atoms with Gasteiger partial charge in [-0.1, -0.05) is 0 Å². The first-order valence-corrected chi connectivity index (χ1v) is 10.2. The Morgan fingerprint density at radius 1 is 1.38 bits per heavy atom. The molecule has 0 unspecified atom stereocenters. The van der Waals surface area contributed by atoms with E-state index in [0.29, 0.717) is 30.3 Å². The molecule has 26 heavy (non-hydrogen) atoms. The molecular formula is C17H21N3O4S2. The molecule has 1 saturated heterocycles. The number of aromatic nitrogens is 1. The normalized spacial score (nSPS) is 16.8. The molecule has 0 spiro atoms. The fourth-order valence-corrected chi connectivity index (χ4v) is 4.51. The van der Waals surface area contributed by atoms with E-state index in [1.165, 1.54) is 22.7 Å². The van der Waals surface area contributed by atoms with Crippen molar-refractivity contribution < 1.29 is 19.4 Å². The SMILES string of the molecule is O=C(NCCOCCO)c1ccc([C@@H]2CCCN2C(=O)c2cscn2)s1. The number of aliphatic hydroxyl groups excluding tert-OH is 1. The van der Waals surface area contributed by atoms with Gasteiger partial charge in [0.05, 0.1) is 36.3 Å². The number of carbonyl (C=O) groups excluding carboxylic acids is 2. The molecule has 0 aromatic carbocycles. The van der Waals surface area contributed by atoms with Crippen molar-refractivity contribution in [1.82, 2.24) is 15.2 Å². The van der Waals surface area contributed by atoms with Crippen LogP contribution >= 0.6 is 22.7 Å². The molecule has 0 radical (unpaired) electrons. The van der Waals surface area contributed by atoms with Gasteiger partial charge < -0.3 is 20.1 Å². The van der Waals surface area contributed by atoms with Crippen LogP contribution in [0.5, 0.6) is 0 Å². The molecule has 1 atom stereocenters. The van der Waals surface area contributed by atoms with Crippen LogP contribution in [0.3, 0.4) is 0 Å². The molecule has 2 aromatic rings. The third-order valence-electron chi connectivity index (χ3n) is 4.11. The summed E-state index contributed by atoms with van der Waals surface area (Å²) in [5.41, 5.74) is 2.15. The highest BCUT2D eigenvalue weighted by Crippen LogP contribution is 2.36. The van der Waals surface area contributed by atoms with E-state index in [4.69, 9.17) is 9.84 Å². The number of hydrogen-bond acceptors (Lipinski definition) is 7. The van der Waals surface area contributed by atoms with Crippen molar-refractivity contribution in [2.24, 2.45) is 0 Å². The van der Waals surface area contributed by atoms with Gasteiger partial charge in [0, 0.05) is 23.3 Å². The molecule has 2 N–H and O–H groups in total. The zero-order valence-corrected chi connectivity index (χ0v) is 15.9. The zero-order valence-electron chi connectivity index (χ0n) is 14.2. The van der Waals surface area contributed by atoms with E-state index in [0.717, 1.165) is 17.7 Å². The van der Waals surface area contributed by atoms with Crippen LogP contribution in [-0.2, 0) is 4.74 Å². The van der Waals surface area contributed by atoms with Crippen molar-refractivity contribution in [3.05, 3.63) is 38.5 Å². The van der Waals surface area contributed by atoms with Crippen LogP contribution in [-0.4, -0.2) is 59.7 Å². The fourth-order valence-electron chi connectivity index (χ4n) is 2.92. The molecule has 1 fully saturated rings. The highest BCUT2D eigenvalue weighted by Gasteiger charge is 2.32. The van der Waals surface area contributed by atoms with Gasteiger partial charge in [0.1, 0.15) is 5.69 Å². The first-order chi connectivity index (χ1) is 12.7. The van der Waals surface area contributed by atoms with Crippen molar-refractivity contribution in [2.75, 3.05) is 32.9 Å². The minimum absolute atomic E-state index is 0.00337. The van der Waals surface area contributed by atoms with E-state index in [1.54, 1.807) is 17.0 Å². The van der Waals surface area contributed by atoms with Crippen molar-refractivity contribution in [3.8, 4) is 0 Å². The Hall–Kier alpha value is -1.81. The van der Waals surface area contributed by atoms with Crippen molar-refractivity contribution in [2.45, 2.75) is 18.9 Å². The van der Waals surface area contributed by atoms with E-state index in [2.05, 4.69) is 10.3 Å². The topological polar surface area (TPSA) is 91.8 Å². The quantitative estimate of drug-likeness (QED) is 0.667. The van der Waals surface area contributed by atoms with Gasteiger partial charge in [-0.2, -0.15) is 0 Å². The van der Waals surface area contributed by atoms with Crippen LogP contribution in [0.15, 0.2) is 23.0 Å². The lowest BCUT2D eigenvalue weighted by atomic mass is 10.2. The standard InChI is InChI=1S/C17H21N3O4S2/c21-7-9-24-8-5-18-16(22)15-4-3-14(26-15)13-2-1-6-20(13)17(23)12-10-25-11-19-12/h3-4,10-11,13,21H,1-2,5-9H2,(H,18,22)/t13-/m0/s1. The van der Waals surface area contributed by atoms with Gasteiger partial charge in [0.2, 0.25) is 0 Å². The van der Waals surface area contributed by atoms with Crippen LogP contribution in [0.2, 0.25) is 0 Å². The second-order valence-electron chi connectivity index (χ2n) is 5.82. The first kappa shape index (κ1) is 19.0. The number of amides is 2. The maximum absolute atomic E-state index is 12.6. The van der Waals surface area contributed by atoms with Gasteiger partial charge in [-0.15, -0.1) is 22.7 Å². The molecule has 1 aliphatic heterocycles. The summed E-state index contributed by atoms with van der Waals surface area (Å²) < 4.78 is 5.12. The maximum Gasteiger partial charge on any atom is 0.273 e. The second-order valence-corrected chi connectivity index (χ2v) is 7.66. The van der Waals surface area contributed by atoms with Crippen LogP contribution in [0.1, 0.15) is 43.9 Å². The van der Waals surface area contributed by atoms with Crippen LogP contribution in [0, 0.1) is 0 Å². The smallest absolute Gasteiger partial charge is 0.273 e. The average molecular weight is 396 g/mol. The number of rotatable bonds is 8. The number of hydrogen-bond donors (Lipinski definition) is 2. The summed E-state index contributed by atoms with van der Waals surface area (Å²) in [7, 11) is 0. The van der Waals surface area contributed by atoms with E-state index in [-0.39, 0.29) is 31.1 Å². The van der Waals surface area contributed by atoms with Crippen molar-refractivity contribution >= 4 is 34.5 Å². The van der Waals surface area contributed by atoms with E-state index >= 15 is 0 Å².